The van der Waals surface area contributed by atoms with Crippen LogP contribution < -0.4 is 15.2 Å². The van der Waals surface area contributed by atoms with Gasteiger partial charge in [0, 0.05) is 36.0 Å². The van der Waals surface area contributed by atoms with Crippen LogP contribution in [0.5, 0.6) is 17.2 Å². The van der Waals surface area contributed by atoms with E-state index in [1.165, 1.54) is 37.4 Å². The summed E-state index contributed by atoms with van der Waals surface area (Å²) in [5, 5.41) is 9.62. The quantitative estimate of drug-likeness (QED) is 0.402. The van der Waals surface area contributed by atoms with Crippen molar-refractivity contribution >= 4 is 16.9 Å². The number of hydrogen-bond donors (Lipinski definition) is 2. The predicted octanol–water partition coefficient (Wildman–Crippen LogP) is 4.71. The average molecular weight is 492 g/mol. The van der Waals surface area contributed by atoms with Crippen LogP contribution >= 0.6 is 0 Å². The summed E-state index contributed by atoms with van der Waals surface area (Å²) in [6.07, 6.45) is 5.23. The van der Waals surface area contributed by atoms with Crippen LogP contribution in [0.25, 0.3) is 22.3 Å². The van der Waals surface area contributed by atoms with Crippen molar-refractivity contribution in [1.82, 2.24) is 14.4 Å². The topological polar surface area (TPSA) is 104 Å². The van der Waals surface area contributed by atoms with Crippen LogP contribution in [0.4, 0.5) is 14.6 Å². The second-order valence-electron chi connectivity index (χ2n) is 8.85. The van der Waals surface area contributed by atoms with E-state index in [9.17, 15) is 9.50 Å². The van der Waals surface area contributed by atoms with Crippen molar-refractivity contribution in [2.24, 2.45) is 0 Å². The number of rotatable bonds is 6. The third kappa shape index (κ3) is 3.36. The van der Waals surface area contributed by atoms with E-state index in [2.05, 4.69) is 4.98 Å². The van der Waals surface area contributed by atoms with Crippen molar-refractivity contribution in [1.29, 1.82) is 0 Å². The fourth-order valence-corrected chi connectivity index (χ4v) is 4.82. The Morgan fingerprint density at radius 3 is 2.72 bits per heavy atom. The highest BCUT2D eigenvalue weighted by atomic mass is 19.1. The molecule has 3 N–H and O–H groups in total. The molecule has 0 amide bonds. The number of anilines is 1. The summed E-state index contributed by atoms with van der Waals surface area (Å²) in [6, 6.07) is 8.68. The zero-order chi connectivity index (χ0) is 25.0. The first kappa shape index (κ1) is 22.3. The number of aromatic nitrogens is 3. The van der Waals surface area contributed by atoms with Crippen molar-refractivity contribution in [3.8, 4) is 28.5 Å². The molecule has 0 spiro atoms. The zero-order valence-corrected chi connectivity index (χ0v) is 19.3. The normalized spacial score (nSPS) is 18.7. The summed E-state index contributed by atoms with van der Waals surface area (Å²) in [5.74, 6) is 0.305. The number of halogens is 2. The van der Waals surface area contributed by atoms with Crippen LogP contribution in [0.15, 0.2) is 54.6 Å². The van der Waals surface area contributed by atoms with E-state index in [1.807, 2.05) is 0 Å². The molecule has 2 bridgehead atoms. The molecule has 184 valence electrons. The number of aliphatic hydroxyl groups excluding tert-OH is 1. The summed E-state index contributed by atoms with van der Waals surface area (Å²) in [5.41, 5.74) is 7.57. The third-order valence-corrected chi connectivity index (χ3v) is 6.70. The van der Waals surface area contributed by atoms with E-state index < -0.39 is 17.2 Å². The molecule has 0 radical (unpaired) electrons. The second kappa shape index (κ2) is 8.20. The van der Waals surface area contributed by atoms with E-state index in [0.717, 1.165) is 11.3 Å². The highest BCUT2D eigenvalue weighted by molar-refractivity contribution is 5.88. The Balaban J connectivity index is 1.41. The van der Waals surface area contributed by atoms with Crippen molar-refractivity contribution in [3.05, 3.63) is 72.0 Å². The van der Waals surface area contributed by atoms with E-state index >= 15 is 4.39 Å². The average Bonchev–Trinajstić information content (AvgIpc) is 3.25. The van der Waals surface area contributed by atoms with Gasteiger partial charge >= 0.3 is 0 Å². The summed E-state index contributed by atoms with van der Waals surface area (Å²) in [7, 11) is 1.35. The maximum atomic E-state index is 15.4. The molecule has 2 aromatic heterocycles. The minimum absolute atomic E-state index is 0.0225. The van der Waals surface area contributed by atoms with Gasteiger partial charge in [0.15, 0.2) is 11.5 Å². The Kier molecular flexibility index (Phi) is 5.08. The number of aliphatic hydroxyl groups is 1. The van der Waals surface area contributed by atoms with E-state index in [1.54, 1.807) is 22.9 Å². The second-order valence-corrected chi connectivity index (χ2v) is 8.85. The van der Waals surface area contributed by atoms with Crippen LogP contribution in [0, 0.1) is 11.6 Å². The lowest BCUT2D eigenvalue weighted by molar-refractivity contribution is -0.129. The number of nitrogens with two attached hydrogens (primary N) is 1. The first-order chi connectivity index (χ1) is 17.4. The zero-order valence-electron chi connectivity index (χ0n) is 19.3. The SMILES string of the molecule is COc1cccc(Oc2ccc(-c3nc(C4=C5CC(CO)(CC4)O5)n4ccnc(N)c34)c(F)c2)c1F. The summed E-state index contributed by atoms with van der Waals surface area (Å²) < 4.78 is 48.1. The molecular weight excluding hydrogens is 470 g/mol. The Bertz CT molecular complexity index is 1540. The van der Waals surface area contributed by atoms with E-state index in [-0.39, 0.29) is 35.2 Å². The molecule has 1 unspecified atom stereocenters. The van der Waals surface area contributed by atoms with Gasteiger partial charge in [-0.25, -0.2) is 14.4 Å². The molecule has 2 aromatic carbocycles. The van der Waals surface area contributed by atoms with Crippen LogP contribution in [0.2, 0.25) is 0 Å². The maximum Gasteiger partial charge on any atom is 0.207 e. The Hall–Kier alpha value is -4.18. The summed E-state index contributed by atoms with van der Waals surface area (Å²) in [4.78, 5) is 8.93. The number of nitrogen functional groups attached to an aromatic ring is 1. The van der Waals surface area contributed by atoms with Gasteiger partial charge in [0.1, 0.15) is 45.8 Å². The Morgan fingerprint density at radius 1 is 1.22 bits per heavy atom. The molecule has 4 aromatic rings. The van der Waals surface area contributed by atoms with Crippen LogP contribution in [0.3, 0.4) is 0 Å². The van der Waals surface area contributed by atoms with E-state index in [4.69, 9.17) is 24.9 Å². The van der Waals surface area contributed by atoms with Crippen molar-refractivity contribution in [2.45, 2.75) is 24.9 Å². The van der Waals surface area contributed by atoms with Gasteiger partial charge in [0.2, 0.25) is 5.82 Å². The molecule has 3 aliphatic rings. The lowest BCUT2D eigenvalue weighted by Gasteiger charge is -2.48. The molecule has 2 aliphatic heterocycles. The number of benzene rings is 2. The smallest absolute Gasteiger partial charge is 0.207 e. The number of methoxy groups -OCH3 is 1. The van der Waals surface area contributed by atoms with Gasteiger partial charge in [0.25, 0.3) is 0 Å². The molecule has 8 nitrogen and oxygen atoms in total. The standard InChI is InChI=1S/C26H22F2N4O4/c1-34-18-3-2-4-19(21(18)28)35-14-5-6-15(17(27)11-14)22-23-24(29)30-9-10-32(23)25(31-22)16-7-8-26(13-33)12-20(16)36-26/h2-6,9-11,33H,7-8,12-13H2,1H3,(H2,29,30). The molecule has 4 heterocycles. The molecule has 10 heteroatoms. The number of nitrogens with zero attached hydrogens (tertiary/aromatic N) is 3. The van der Waals surface area contributed by atoms with Gasteiger partial charge in [-0.1, -0.05) is 6.07 Å². The van der Waals surface area contributed by atoms with Crippen LogP contribution in [0.1, 0.15) is 25.1 Å². The first-order valence-electron chi connectivity index (χ1n) is 11.4. The highest BCUT2D eigenvalue weighted by Crippen LogP contribution is 2.50. The monoisotopic (exact) mass is 492 g/mol. The predicted molar refractivity (Wildman–Crippen MR) is 127 cm³/mol. The molecular formula is C26H22F2N4O4. The third-order valence-electron chi connectivity index (χ3n) is 6.70. The van der Waals surface area contributed by atoms with Gasteiger partial charge in [-0.05, 0) is 37.1 Å². The fourth-order valence-electron chi connectivity index (χ4n) is 4.82. The minimum Gasteiger partial charge on any atom is -0.494 e. The lowest BCUT2D eigenvalue weighted by Crippen LogP contribution is -2.48. The van der Waals surface area contributed by atoms with Gasteiger partial charge < -0.3 is 25.1 Å². The lowest BCUT2D eigenvalue weighted by atomic mass is 9.79. The highest BCUT2D eigenvalue weighted by Gasteiger charge is 2.48. The number of imidazole rings is 1. The van der Waals surface area contributed by atoms with E-state index in [0.29, 0.717) is 36.3 Å². The molecule has 1 aliphatic carbocycles. The van der Waals surface area contributed by atoms with Crippen molar-refractivity contribution < 1.29 is 28.1 Å². The molecule has 1 fully saturated rings. The van der Waals surface area contributed by atoms with Crippen LogP contribution in [-0.2, 0) is 4.74 Å². The minimum atomic E-state index is -0.682. The number of ether oxygens (including phenoxy) is 3. The Labute approximate surface area is 204 Å². The molecule has 1 saturated heterocycles. The van der Waals surface area contributed by atoms with Crippen molar-refractivity contribution in [3.63, 3.8) is 0 Å². The largest absolute Gasteiger partial charge is 0.494 e. The Morgan fingerprint density at radius 2 is 2.03 bits per heavy atom. The van der Waals surface area contributed by atoms with Crippen molar-refractivity contribution in [2.75, 3.05) is 19.5 Å². The van der Waals surface area contributed by atoms with Crippen LogP contribution in [-0.4, -0.2) is 38.8 Å². The van der Waals surface area contributed by atoms with Gasteiger partial charge in [0.05, 0.1) is 13.7 Å². The number of fused-ring (bicyclic) bond motifs is 3. The number of allylic oxidation sites excluding steroid dienone is 1. The first-order valence-corrected chi connectivity index (χ1v) is 11.4. The van der Waals surface area contributed by atoms with Gasteiger partial charge in [-0.2, -0.15) is 4.39 Å². The molecule has 0 saturated carbocycles. The maximum absolute atomic E-state index is 15.4. The molecule has 7 rings (SSSR count). The fraction of sp³-hybridized carbons (Fsp3) is 0.231. The molecule has 1 atom stereocenters. The van der Waals surface area contributed by atoms with Gasteiger partial charge in [-0.15, -0.1) is 0 Å². The molecule has 36 heavy (non-hydrogen) atoms. The summed E-state index contributed by atoms with van der Waals surface area (Å²) >= 11 is 0. The van der Waals surface area contributed by atoms with Gasteiger partial charge in [-0.3, -0.25) is 4.40 Å². The summed E-state index contributed by atoms with van der Waals surface area (Å²) in [6.45, 7) is -0.0342. The number of hydrogen-bond acceptors (Lipinski definition) is 7.